The molecule has 5 nitrogen and oxygen atoms in total. The van der Waals surface area contributed by atoms with E-state index in [4.69, 9.17) is 4.74 Å². The molecule has 1 aliphatic heterocycles. The molecule has 1 aromatic carbocycles. The van der Waals surface area contributed by atoms with Crippen molar-refractivity contribution in [3.05, 3.63) is 35.9 Å². The third kappa shape index (κ3) is 5.09. The standard InChI is InChI=1S/C18H27N3O2.HI/c1-13(15-8-6-5-7-9-15)10-20-18(19-3)21-11-14(2)16(12-21)17(22)23-4;/h5-9,13-14,16H,10-12H2,1-4H3,(H,19,20);1H. The van der Waals surface area contributed by atoms with Gasteiger partial charge in [-0.3, -0.25) is 9.79 Å². The van der Waals surface area contributed by atoms with Crippen LogP contribution < -0.4 is 5.32 Å². The molecule has 24 heavy (non-hydrogen) atoms. The van der Waals surface area contributed by atoms with Crippen molar-refractivity contribution in [2.24, 2.45) is 16.8 Å². The molecule has 3 atom stereocenters. The lowest BCUT2D eigenvalue weighted by atomic mass is 9.99. The summed E-state index contributed by atoms with van der Waals surface area (Å²) in [4.78, 5) is 18.3. The van der Waals surface area contributed by atoms with E-state index >= 15 is 0 Å². The minimum Gasteiger partial charge on any atom is -0.469 e. The molecule has 1 aliphatic rings. The van der Waals surface area contributed by atoms with Gasteiger partial charge in [-0.2, -0.15) is 0 Å². The average Bonchev–Trinajstić information content (AvgIpc) is 2.97. The number of nitrogens with one attached hydrogen (secondary N) is 1. The summed E-state index contributed by atoms with van der Waals surface area (Å²) in [6, 6.07) is 10.4. The summed E-state index contributed by atoms with van der Waals surface area (Å²) < 4.78 is 4.90. The van der Waals surface area contributed by atoms with Gasteiger partial charge in [0.15, 0.2) is 5.96 Å². The van der Waals surface area contributed by atoms with Crippen molar-refractivity contribution >= 4 is 35.9 Å². The monoisotopic (exact) mass is 445 g/mol. The number of rotatable bonds is 4. The van der Waals surface area contributed by atoms with Crippen molar-refractivity contribution in [1.29, 1.82) is 0 Å². The Kier molecular flexibility index (Phi) is 8.52. The maximum atomic E-state index is 11.8. The van der Waals surface area contributed by atoms with Crippen molar-refractivity contribution in [2.45, 2.75) is 19.8 Å². The van der Waals surface area contributed by atoms with Crippen molar-refractivity contribution in [3.8, 4) is 0 Å². The zero-order chi connectivity index (χ0) is 16.8. The third-order valence-corrected chi connectivity index (χ3v) is 4.56. The molecular weight excluding hydrogens is 417 g/mol. The van der Waals surface area contributed by atoms with Gasteiger partial charge in [-0.15, -0.1) is 24.0 Å². The summed E-state index contributed by atoms with van der Waals surface area (Å²) in [5.41, 5.74) is 1.30. The zero-order valence-electron chi connectivity index (χ0n) is 14.9. The van der Waals surface area contributed by atoms with Gasteiger partial charge in [-0.1, -0.05) is 44.2 Å². The molecule has 0 radical (unpaired) electrons. The van der Waals surface area contributed by atoms with Gasteiger partial charge in [0.2, 0.25) is 0 Å². The van der Waals surface area contributed by atoms with Gasteiger partial charge in [0.05, 0.1) is 13.0 Å². The minimum absolute atomic E-state index is 0. The summed E-state index contributed by atoms with van der Waals surface area (Å²) in [5.74, 6) is 1.31. The first-order chi connectivity index (χ1) is 11.1. The number of ether oxygens (including phenoxy) is 1. The second-order valence-electron chi connectivity index (χ2n) is 6.25. The first-order valence-corrected chi connectivity index (χ1v) is 8.15. The Morgan fingerprint density at radius 1 is 1.38 bits per heavy atom. The molecule has 1 heterocycles. The fourth-order valence-electron chi connectivity index (χ4n) is 3.07. The van der Waals surface area contributed by atoms with Crippen molar-refractivity contribution < 1.29 is 9.53 Å². The zero-order valence-corrected chi connectivity index (χ0v) is 17.2. The Morgan fingerprint density at radius 3 is 2.62 bits per heavy atom. The normalized spacial score (nSPS) is 21.8. The van der Waals surface area contributed by atoms with E-state index in [-0.39, 0.29) is 41.8 Å². The molecule has 0 bridgehead atoms. The smallest absolute Gasteiger partial charge is 0.310 e. The number of methoxy groups -OCH3 is 1. The molecule has 3 unspecified atom stereocenters. The van der Waals surface area contributed by atoms with Crippen molar-refractivity contribution in [1.82, 2.24) is 10.2 Å². The van der Waals surface area contributed by atoms with Gasteiger partial charge in [-0.05, 0) is 17.4 Å². The van der Waals surface area contributed by atoms with E-state index in [1.54, 1.807) is 7.05 Å². The Morgan fingerprint density at radius 2 is 2.04 bits per heavy atom. The number of aliphatic imine (C=N–C) groups is 1. The number of carbonyl (C=O) groups excluding carboxylic acids is 1. The fraction of sp³-hybridized carbons (Fsp3) is 0.556. The average molecular weight is 445 g/mol. The summed E-state index contributed by atoms with van der Waals surface area (Å²) in [5, 5.41) is 3.43. The van der Waals surface area contributed by atoms with Gasteiger partial charge in [-0.25, -0.2) is 0 Å². The van der Waals surface area contributed by atoms with Gasteiger partial charge in [0.25, 0.3) is 0 Å². The highest BCUT2D eigenvalue weighted by molar-refractivity contribution is 14.0. The number of esters is 1. The highest BCUT2D eigenvalue weighted by Gasteiger charge is 2.36. The van der Waals surface area contributed by atoms with Crippen LogP contribution in [0.25, 0.3) is 0 Å². The van der Waals surface area contributed by atoms with Crippen LogP contribution in [0, 0.1) is 11.8 Å². The van der Waals surface area contributed by atoms with E-state index in [1.807, 2.05) is 6.07 Å². The van der Waals surface area contributed by atoms with Gasteiger partial charge >= 0.3 is 5.97 Å². The van der Waals surface area contributed by atoms with E-state index in [9.17, 15) is 4.79 Å². The largest absolute Gasteiger partial charge is 0.469 e. The van der Waals surface area contributed by atoms with Crippen LogP contribution in [0.1, 0.15) is 25.3 Å². The number of benzene rings is 1. The Labute approximate surface area is 161 Å². The molecule has 1 fully saturated rings. The first kappa shape index (κ1) is 20.7. The second kappa shape index (κ2) is 9.86. The molecule has 1 N–H and O–H groups in total. The molecule has 1 aromatic rings. The predicted molar refractivity (Wildman–Crippen MR) is 108 cm³/mol. The van der Waals surface area contributed by atoms with Crippen molar-refractivity contribution in [2.75, 3.05) is 33.8 Å². The maximum absolute atomic E-state index is 11.8. The highest BCUT2D eigenvalue weighted by atomic mass is 127. The molecule has 2 rings (SSSR count). The Bertz CT molecular complexity index is 550. The number of hydrogen-bond acceptors (Lipinski definition) is 3. The molecule has 0 aromatic heterocycles. The third-order valence-electron chi connectivity index (χ3n) is 4.56. The lowest BCUT2D eigenvalue weighted by Gasteiger charge is -2.23. The van der Waals surface area contributed by atoms with Crippen LogP contribution in [0.2, 0.25) is 0 Å². The van der Waals surface area contributed by atoms with E-state index < -0.39 is 0 Å². The number of halogens is 1. The number of guanidine groups is 1. The first-order valence-electron chi connectivity index (χ1n) is 8.15. The molecule has 0 spiro atoms. The lowest BCUT2D eigenvalue weighted by molar-refractivity contribution is -0.145. The summed E-state index contributed by atoms with van der Waals surface area (Å²) >= 11 is 0. The highest BCUT2D eigenvalue weighted by Crippen LogP contribution is 2.24. The van der Waals surface area contributed by atoms with Gasteiger partial charge in [0.1, 0.15) is 0 Å². The molecule has 0 amide bonds. The predicted octanol–water partition coefficient (Wildman–Crippen LogP) is 2.72. The topological polar surface area (TPSA) is 53.9 Å². The molecule has 6 heteroatoms. The van der Waals surface area contributed by atoms with Gasteiger partial charge in [0, 0.05) is 26.7 Å². The molecule has 0 saturated carbocycles. The molecule has 0 aliphatic carbocycles. The van der Waals surface area contributed by atoms with Crippen LogP contribution in [-0.2, 0) is 9.53 Å². The Balaban J connectivity index is 0.00000288. The van der Waals surface area contributed by atoms with E-state index in [0.29, 0.717) is 12.5 Å². The number of nitrogens with zero attached hydrogens (tertiary/aromatic N) is 2. The maximum Gasteiger partial charge on any atom is 0.310 e. The summed E-state index contributed by atoms with van der Waals surface area (Å²) in [7, 11) is 3.23. The number of hydrogen-bond donors (Lipinski definition) is 1. The van der Waals surface area contributed by atoms with Crippen LogP contribution in [0.3, 0.4) is 0 Å². The second-order valence-corrected chi connectivity index (χ2v) is 6.25. The quantitative estimate of drug-likeness (QED) is 0.335. The van der Waals surface area contributed by atoms with Crippen LogP contribution in [0.5, 0.6) is 0 Å². The molecular formula is C18H28IN3O2. The summed E-state index contributed by atoms with van der Waals surface area (Å²) in [6.07, 6.45) is 0. The minimum atomic E-state index is -0.131. The van der Waals surface area contributed by atoms with Crippen LogP contribution in [0.4, 0.5) is 0 Å². The van der Waals surface area contributed by atoms with Crippen molar-refractivity contribution in [3.63, 3.8) is 0 Å². The van der Waals surface area contributed by atoms with Crippen LogP contribution >= 0.6 is 24.0 Å². The molecule has 1 saturated heterocycles. The van der Waals surface area contributed by atoms with E-state index in [1.165, 1.54) is 12.7 Å². The molecule has 134 valence electrons. The number of likely N-dealkylation sites (tertiary alicyclic amines) is 1. The Hall–Kier alpha value is -1.31. The van der Waals surface area contributed by atoms with E-state index in [2.05, 4.69) is 53.3 Å². The van der Waals surface area contributed by atoms with Gasteiger partial charge < -0.3 is 15.0 Å². The lowest BCUT2D eigenvalue weighted by Crippen LogP contribution is -2.42. The number of carbonyl (C=O) groups is 1. The fourth-order valence-corrected chi connectivity index (χ4v) is 3.07. The summed E-state index contributed by atoms with van der Waals surface area (Å²) in [6.45, 7) is 6.57. The SMILES string of the molecule is CN=C(NCC(C)c1ccccc1)N1CC(C)C(C(=O)OC)C1.I. The van der Waals surface area contributed by atoms with E-state index in [0.717, 1.165) is 19.0 Å². The van der Waals surface area contributed by atoms with Crippen LogP contribution in [-0.4, -0.2) is 50.6 Å². The van der Waals surface area contributed by atoms with Crippen LogP contribution in [0.15, 0.2) is 35.3 Å².